The van der Waals surface area contributed by atoms with Crippen LogP contribution in [0, 0.1) is 16.7 Å². The summed E-state index contributed by atoms with van der Waals surface area (Å²) in [5.74, 6) is 1.49. The third kappa shape index (κ3) is 6.55. The number of tetrazole rings is 1. The molecule has 1 unspecified atom stereocenters. The molecule has 3 aromatic rings. The highest BCUT2D eigenvalue weighted by Crippen LogP contribution is 2.47. The van der Waals surface area contributed by atoms with Gasteiger partial charge in [0.05, 0.1) is 11.6 Å². The Morgan fingerprint density at radius 3 is 2.16 bits per heavy atom. The lowest BCUT2D eigenvalue weighted by Crippen LogP contribution is -2.44. The molecule has 2 aromatic carbocycles. The summed E-state index contributed by atoms with van der Waals surface area (Å²) in [6, 6.07) is 13.3. The average molecular weight is 575 g/mol. The van der Waals surface area contributed by atoms with Crippen LogP contribution in [0.15, 0.2) is 48.5 Å². The van der Waals surface area contributed by atoms with E-state index < -0.39 is 5.54 Å². The van der Waals surface area contributed by atoms with E-state index in [1.165, 1.54) is 0 Å². The number of hydrogen-bond donors (Lipinski definition) is 1. The van der Waals surface area contributed by atoms with E-state index in [2.05, 4.69) is 68.5 Å². The molecule has 1 heterocycles. The van der Waals surface area contributed by atoms with Gasteiger partial charge in [0.15, 0.2) is 5.82 Å². The molecule has 0 amide bonds. The Morgan fingerprint density at radius 1 is 0.947 bits per heavy atom. The predicted molar refractivity (Wildman–Crippen MR) is 160 cm³/mol. The average Bonchev–Trinajstić information content (AvgIpc) is 3.31. The fraction of sp³-hybridized carbons (Fsp3) is 0.500. The van der Waals surface area contributed by atoms with E-state index in [0.717, 1.165) is 42.8 Å². The minimum Gasteiger partial charge on any atom is -0.373 e. The van der Waals surface area contributed by atoms with Gasteiger partial charge in [-0.15, -0.1) is 5.10 Å². The molecule has 8 heteroatoms. The zero-order chi connectivity index (χ0) is 27.7. The number of aromatic nitrogens is 4. The Hall–Kier alpha value is -2.08. The van der Waals surface area contributed by atoms with Crippen molar-refractivity contribution in [2.45, 2.75) is 78.8 Å². The molecule has 1 N–H and O–H groups in total. The predicted octanol–water partition coefficient (Wildman–Crippen LogP) is 9.48. The van der Waals surface area contributed by atoms with Crippen LogP contribution < -0.4 is 5.32 Å². The van der Waals surface area contributed by atoms with Gasteiger partial charge in [0.25, 0.3) is 0 Å². The van der Waals surface area contributed by atoms with Crippen molar-refractivity contribution >= 4 is 46.6 Å². The number of hydrogen-bond acceptors (Lipinski definition) is 4. The van der Waals surface area contributed by atoms with Gasteiger partial charge < -0.3 is 5.32 Å². The molecule has 1 aliphatic carbocycles. The van der Waals surface area contributed by atoms with E-state index in [1.54, 1.807) is 6.07 Å². The molecule has 0 saturated heterocycles. The largest absolute Gasteiger partial charge is 0.373 e. The second-order valence-electron chi connectivity index (χ2n) is 12.6. The maximum absolute atomic E-state index is 6.48. The van der Waals surface area contributed by atoms with E-state index in [9.17, 15) is 0 Å². The normalized spacial score (nSPS) is 21.6. The number of nitrogens with one attached hydrogen (secondary N) is 1. The van der Waals surface area contributed by atoms with Gasteiger partial charge in [-0.05, 0) is 94.8 Å². The van der Waals surface area contributed by atoms with E-state index in [1.807, 2.05) is 47.2 Å². The molecule has 1 atom stereocenters. The van der Waals surface area contributed by atoms with Crippen LogP contribution >= 0.6 is 34.8 Å². The third-order valence-corrected chi connectivity index (χ3v) is 8.60. The SMILES string of the molecule is CC(C)(C)C1CCC(Nc2ccc(Cl)cc2)(c2nnnn2C(/C=C\c2ccc(Cl)cc2Cl)C(C)(C)C)CC1. The summed E-state index contributed by atoms with van der Waals surface area (Å²) < 4.78 is 2.00. The lowest BCUT2D eigenvalue weighted by atomic mass is 9.67. The molecule has 4 rings (SSSR count). The second kappa shape index (κ2) is 11.2. The highest BCUT2D eigenvalue weighted by molar-refractivity contribution is 6.35. The molecular formula is C30H38Cl3N5. The zero-order valence-electron chi connectivity index (χ0n) is 23.1. The third-order valence-electron chi connectivity index (χ3n) is 7.78. The van der Waals surface area contributed by atoms with E-state index in [0.29, 0.717) is 21.0 Å². The molecule has 1 aliphatic rings. The number of halogens is 3. The van der Waals surface area contributed by atoms with Crippen molar-refractivity contribution in [2.75, 3.05) is 5.32 Å². The molecule has 0 bridgehead atoms. The Kier molecular flexibility index (Phi) is 8.52. The minimum absolute atomic E-state index is 0.108. The lowest BCUT2D eigenvalue weighted by Gasteiger charge is -2.45. The summed E-state index contributed by atoms with van der Waals surface area (Å²) in [5, 5.41) is 19.2. The van der Waals surface area contributed by atoms with Crippen LogP contribution in [0.2, 0.25) is 15.1 Å². The van der Waals surface area contributed by atoms with Crippen LogP contribution in [0.1, 0.15) is 84.7 Å². The Labute approximate surface area is 241 Å². The maximum Gasteiger partial charge on any atom is 0.177 e. The summed E-state index contributed by atoms with van der Waals surface area (Å²) in [6.45, 7) is 13.6. The molecule has 1 aromatic heterocycles. The van der Waals surface area contributed by atoms with Gasteiger partial charge in [-0.2, -0.15) is 0 Å². The Bertz CT molecular complexity index is 1260. The van der Waals surface area contributed by atoms with Crippen LogP contribution in [0.4, 0.5) is 5.69 Å². The van der Waals surface area contributed by atoms with Crippen LogP contribution in [-0.2, 0) is 5.54 Å². The highest BCUT2D eigenvalue weighted by atomic mass is 35.5. The zero-order valence-corrected chi connectivity index (χ0v) is 25.4. The fourth-order valence-electron chi connectivity index (χ4n) is 5.46. The van der Waals surface area contributed by atoms with Crippen molar-refractivity contribution < 1.29 is 0 Å². The van der Waals surface area contributed by atoms with Crippen LogP contribution in [0.5, 0.6) is 0 Å². The summed E-state index contributed by atoms with van der Waals surface area (Å²) in [6.07, 6.45) is 8.23. The monoisotopic (exact) mass is 573 g/mol. The van der Waals surface area contributed by atoms with Crippen molar-refractivity contribution in [2.24, 2.45) is 16.7 Å². The van der Waals surface area contributed by atoms with Crippen molar-refractivity contribution in [1.29, 1.82) is 0 Å². The van der Waals surface area contributed by atoms with Crippen LogP contribution in [-0.4, -0.2) is 20.2 Å². The summed E-state index contributed by atoms with van der Waals surface area (Å²) >= 11 is 18.8. The van der Waals surface area contributed by atoms with E-state index in [4.69, 9.17) is 34.8 Å². The summed E-state index contributed by atoms with van der Waals surface area (Å²) in [7, 11) is 0. The van der Waals surface area contributed by atoms with Gasteiger partial charge in [0, 0.05) is 20.8 Å². The first kappa shape index (κ1) is 28.9. The number of benzene rings is 2. The molecule has 1 saturated carbocycles. The summed E-state index contributed by atoms with van der Waals surface area (Å²) in [5.41, 5.74) is 1.60. The summed E-state index contributed by atoms with van der Waals surface area (Å²) in [4.78, 5) is 0. The molecule has 0 radical (unpaired) electrons. The van der Waals surface area contributed by atoms with Crippen LogP contribution in [0.25, 0.3) is 6.08 Å². The first-order chi connectivity index (χ1) is 17.8. The van der Waals surface area contributed by atoms with Crippen molar-refractivity contribution in [3.8, 4) is 0 Å². The molecule has 0 aliphatic heterocycles. The van der Waals surface area contributed by atoms with Crippen LogP contribution in [0.3, 0.4) is 0 Å². The van der Waals surface area contributed by atoms with Gasteiger partial charge in [-0.25, -0.2) is 4.68 Å². The fourth-order valence-corrected chi connectivity index (χ4v) is 6.05. The van der Waals surface area contributed by atoms with Crippen molar-refractivity contribution in [3.05, 3.63) is 75.0 Å². The van der Waals surface area contributed by atoms with Gasteiger partial charge in [-0.1, -0.05) is 94.6 Å². The minimum atomic E-state index is -0.408. The smallest absolute Gasteiger partial charge is 0.177 e. The van der Waals surface area contributed by atoms with Crippen molar-refractivity contribution in [1.82, 2.24) is 20.2 Å². The quantitative estimate of drug-likeness (QED) is 0.318. The maximum atomic E-state index is 6.48. The number of rotatable bonds is 6. The molecule has 38 heavy (non-hydrogen) atoms. The second-order valence-corrected chi connectivity index (χ2v) is 13.9. The molecule has 204 valence electrons. The topological polar surface area (TPSA) is 55.6 Å². The Balaban J connectivity index is 1.75. The molecule has 5 nitrogen and oxygen atoms in total. The van der Waals surface area contributed by atoms with Gasteiger partial charge in [-0.3, -0.25) is 0 Å². The standard InChI is InChI=1S/C30H38Cl3N5/c1-28(2,3)21-15-17-30(18-16-21,34-24-12-10-22(31)11-13-24)27-35-36-37-38(27)26(29(4,5)6)14-8-20-7-9-23(32)19-25(20)33/h7-14,19,21,26,34H,15-18H2,1-6H3/b14-8-. The molecular weight excluding hydrogens is 537 g/mol. The van der Waals surface area contributed by atoms with Gasteiger partial charge in [0.2, 0.25) is 0 Å². The molecule has 0 spiro atoms. The van der Waals surface area contributed by atoms with E-state index in [-0.39, 0.29) is 16.9 Å². The number of allylic oxidation sites excluding steroid dienone is 1. The van der Waals surface area contributed by atoms with Gasteiger partial charge in [0.1, 0.15) is 0 Å². The van der Waals surface area contributed by atoms with Crippen molar-refractivity contribution in [3.63, 3.8) is 0 Å². The lowest BCUT2D eigenvalue weighted by molar-refractivity contribution is 0.133. The van der Waals surface area contributed by atoms with E-state index >= 15 is 0 Å². The Morgan fingerprint density at radius 2 is 1.58 bits per heavy atom. The highest BCUT2D eigenvalue weighted by Gasteiger charge is 2.45. The number of nitrogens with zero attached hydrogens (tertiary/aromatic N) is 4. The first-order valence-corrected chi connectivity index (χ1v) is 14.4. The number of anilines is 1. The first-order valence-electron chi connectivity index (χ1n) is 13.2. The molecule has 1 fully saturated rings. The van der Waals surface area contributed by atoms with Gasteiger partial charge >= 0.3 is 0 Å².